The Balaban J connectivity index is 3.01. The summed E-state index contributed by atoms with van der Waals surface area (Å²) in [4.78, 5) is 22.8. The number of rotatable bonds is 2. The number of aromatic nitrogens is 1. The van der Waals surface area contributed by atoms with Crippen LogP contribution in [-0.2, 0) is 0 Å². The molecule has 3 nitrogen and oxygen atoms in total. The number of aldehydes is 1. The highest BCUT2D eigenvalue weighted by Gasteiger charge is 2.13. The molecule has 0 spiro atoms. The number of halogens is 2. The van der Waals surface area contributed by atoms with Crippen molar-refractivity contribution in [2.75, 3.05) is 0 Å². The summed E-state index contributed by atoms with van der Waals surface area (Å²) in [5.41, 5.74) is 0.0531. The van der Waals surface area contributed by atoms with E-state index in [4.69, 9.17) is 11.6 Å². The van der Waals surface area contributed by atoms with E-state index in [1.807, 2.05) is 13.8 Å². The fourth-order valence-electron chi connectivity index (χ4n) is 1.88. The first-order chi connectivity index (χ1) is 8.45. The van der Waals surface area contributed by atoms with E-state index >= 15 is 0 Å². The number of carbonyl (C=O) groups excluding carboxylic acids is 1. The average Bonchev–Trinajstić information content (AvgIpc) is 2.32. The minimum atomic E-state index is -0.667. The Labute approximate surface area is 108 Å². The third-order valence-corrected chi connectivity index (χ3v) is 3.07. The Bertz CT molecular complexity index is 691. The molecule has 2 rings (SSSR count). The van der Waals surface area contributed by atoms with Gasteiger partial charge in [-0.2, -0.15) is 0 Å². The summed E-state index contributed by atoms with van der Waals surface area (Å²) in [5, 5.41) is 0.116. The van der Waals surface area contributed by atoms with E-state index in [2.05, 4.69) is 0 Å². The third kappa shape index (κ3) is 1.93. The average molecular weight is 268 g/mol. The molecule has 94 valence electrons. The lowest BCUT2D eigenvalue weighted by Gasteiger charge is -2.15. The summed E-state index contributed by atoms with van der Waals surface area (Å²) in [6.45, 7) is 3.80. The number of fused-ring (bicyclic) bond motifs is 1. The second-order valence-electron chi connectivity index (χ2n) is 4.32. The lowest BCUT2D eigenvalue weighted by Crippen LogP contribution is -2.15. The van der Waals surface area contributed by atoms with Gasteiger partial charge in [-0.05, 0) is 26.0 Å². The van der Waals surface area contributed by atoms with Crippen molar-refractivity contribution in [2.45, 2.75) is 19.9 Å². The van der Waals surface area contributed by atoms with Crippen LogP contribution < -0.4 is 5.43 Å². The van der Waals surface area contributed by atoms with Gasteiger partial charge in [0.2, 0.25) is 0 Å². The van der Waals surface area contributed by atoms with Crippen LogP contribution in [0.15, 0.2) is 23.1 Å². The van der Waals surface area contributed by atoms with Crippen LogP contribution in [0, 0.1) is 5.82 Å². The molecule has 5 heteroatoms. The maximum absolute atomic E-state index is 13.4. The van der Waals surface area contributed by atoms with Crippen molar-refractivity contribution in [3.05, 3.63) is 45.0 Å². The van der Waals surface area contributed by atoms with Gasteiger partial charge in [-0.1, -0.05) is 11.6 Å². The predicted molar refractivity (Wildman–Crippen MR) is 68.9 cm³/mol. The van der Waals surface area contributed by atoms with Crippen molar-refractivity contribution in [1.82, 2.24) is 4.57 Å². The van der Waals surface area contributed by atoms with Crippen LogP contribution in [0.4, 0.5) is 4.39 Å². The molecule has 0 N–H and O–H groups in total. The van der Waals surface area contributed by atoms with Crippen LogP contribution in [0.25, 0.3) is 10.9 Å². The fraction of sp³-hybridized carbons (Fsp3) is 0.231. The van der Waals surface area contributed by atoms with E-state index < -0.39 is 11.2 Å². The van der Waals surface area contributed by atoms with E-state index in [0.717, 1.165) is 6.07 Å². The van der Waals surface area contributed by atoms with Crippen molar-refractivity contribution >= 4 is 28.8 Å². The van der Waals surface area contributed by atoms with Gasteiger partial charge in [-0.15, -0.1) is 0 Å². The first-order valence-corrected chi connectivity index (χ1v) is 5.82. The predicted octanol–water partition coefficient (Wildman–Crippen LogP) is 3.19. The molecular weight excluding hydrogens is 257 g/mol. The molecule has 1 aromatic carbocycles. The van der Waals surface area contributed by atoms with Gasteiger partial charge < -0.3 is 4.57 Å². The van der Waals surface area contributed by atoms with Gasteiger partial charge in [-0.3, -0.25) is 9.59 Å². The molecule has 1 heterocycles. The SMILES string of the molecule is CC(C)n1cc(C=O)c(=O)c2cc(F)c(Cl)cc21. The van der Waals surface area contributed by atoms with Crippen LogP contribution in [0.2, 0.25) is 5.02 Å². The number of benzene rings is 1. The first-order valence-electron chi connectivity index (χ1n) is 5.44. The highest BCUT2D eigenvalue weighted by atomic mass is 35.5. The monoisotopic (exact) mass is 267 g/mol. The Morgan fingerprint density at radius 3 is 2.61 bits per heavy atom. The fourth-order valence-corrected chi connectivity index (χ4v) is 2.03. The van der Waals surface area contributed by atoms with E-state index in [0.29, 0.717) is 11.8 Å². The summed E-state index contributed by atoms with van der Waals surface area (Å²) in [6, 6.07) is 2.50. The second-order valence-corrected chi connectivity index (χ2v) is 4.72. The molecule has 1 aromatic heterocycles. The Morgan fingerprint density at radius 2 is 2.06 bits per heavy atom. The van der Waals surface area contributed by atoms with E-state index in [-0.39, 0.29) is 22.0 Å². The molecule has 0 aliphatic carbocycles. The molecule has 2 aromatic rings. The van der Waals surface area contributed by atoms with Crippen LogP contribution in [0.1, 0.15) is 30.2 Å². The normalized spacial score (nSPS) is 11.2. The Kier molecular flexibility index (Phi) is 3.22. The number of carbonyl (C=O) groups is 1. The minimum absolute atomic E-state index is 0.0120. The van der Waals surface area contributed by atoms with Crippen LogP contribution >= 0.6 is 11.6 Å². The zero-order valence-corrected chi connectivity index (χ0v) is 10.7. The van der Waals surface area contributed by atoms with Gasteiger partial charge in [0.05, 0.1) is 16.1 Å². The Hall–Kier alpha value is -1.68. The molecule has 0 bridgehead atoms. The van der Waals surface area contributed by atoms with Gasteiger partial charge in [-0.25, -0.2) is 4.39 Å². The molecule has 0 aliphatic rings. The smallest absolute Gasteiger partial charge is 0.199 e. The van der Waals surface area contributed by atoms with Crippen LogP contribution in [0.3, 0.4) is 0 Å². The van der Waals surface area contributed by atoms with Gasteiger partial charge in [0.1, 0.15) is 5.82 Å². The van der Waals surface area contributed by atoms with Gasteiger partial charge in [0.25, 0.3) is 0 Å². The summed E-state index contributed by atoms with van der Waals surface area (Å²) in [7, 11) is 0. The highest BCUT2D eigenvalue weighted by Crippen LogP contribution is 2.23. The molecule has 0 unspecified atom stereocenters. The standard InChI is InChI=1S/C13H11ClFNO2/c1-7(2)16-5-8(6-17)13(18)9-3-11(15)10(14)4-12(9)16/h3-7H,1-2H3. The number of pyridine rings is 1. The molecule has 0 fully saturated rings. The minimum Gasteiger partial charge on any atom is -0.344 e. The largest absolute Gasteiger partial charge is 0.344 e. The van der Waals surface area contributed by atoms with Crippen molar-refractivity contribution in [2.24, 2.45) is 0 Å². The van der Waals surface area contributed by atoms with Crippen LogP contribution in [0.5, 0.6) is 0 Å². The van der Waals surface area contributed by atoms with Crippen molar-refractivity contribution in [3.63, 3.8) is 0 Å². The molecule has 0 radical (unpaired) electrons. The van der Waals surface area contributed by atoms with Gasteiger partial charge in [0.15, 0.2) is 11.7 Å². The lowest BCUT2D eigenvalue weighted by molar-refractivity contribution is 0.112. The third-order valence-electron chi connectivity index (χ3n) is 2.79. The molecule has 0 aliphatic heterocycles. The lowest BCUT2D eigenvalue weighted by atomic mass is 10.1. The summed E-state index contributed by atoms with van der Waals surface area (Å²) in [6.07, 6.45) is 1.95. The maximum atomic E-state index is 13.4. The topological polar surface area (TPSA) is 39.1 Å². The summed E-state index contributed by atoms with van der Waals surface area (Å²) in [5.74, 6) is -0.667. The molecule has 0 atom stereocenters. The van der Waals surface area contributed by atoms with Crippen LogP contribution in [-0.4, -0.2) is 10.9 Å². The quantitative estimate of drug-likeness (QED) is 0.784. The molecular formula is C13H11ClFNO2. The second kappa shape index (κ2) is 4.53. The molecule has 0 saturated heterocycles. The molecule has 0 saturated carbocycles. The molecule has 18 heavy (non-hydrogen) atoms. The number of nitrogens with zero attached hydrogens (tertiary/aromatic N) is 1. The number of hydrogen-bond donors (Lipinski definition) is 0. The van der Waals surface area contributed by atoms with Gasteiger partial charge in [0, 0.05) is 17.6 Å². The van der Waals surface area contributed by atoms with Crippen molar-refractivity contribution in [3.8, 4) is 0 Å². The van der Waals surface area contributed by atoms with Crippen molar-refractivity contribution < 1.29 is 9.18 Å². The maximum Gasteiger partial charge on any atom is 0.199 e. The number of hydrogen-bond acceptors (Lipinski definition) is 2. The Morgan fingerprint density at radius 1 is 1.39 bits per heavy atom. The first kappa shape index (κ1) is 12.8. The highest BCUT2D eigenvalue weighted by molar-refractivity contribution is 6.31. The summed E-state index contributed by atoms with van der Waals surface area (Å²) >= 11 is 5.73. The zero-order valence-electron chi connectivity index (χ0n) is 9.91. The zero-order chi connectivity index (χ0) is 13.4. The van der Waals surface area contributed by atoms with Crippen molar-refractivity contribution in [1.29, 1.82) is 0 Å². The van der Waals surface area contributed by atoms with E-state index in [9.17, 15) is 14.0 Å². The van der Waals surface area contributed by atoms with E-state index in [1.165, 1.54) is 12.3 Å². The van der Waals surface area contributed by atoms with Gasteiger partial charge >= 0.3 is 0 Å². The van der Waals surface area contributed by atoms with E-state index in [1.54, 1.807) is 4.57 Å². The molecule has 0 amide bonds. The summed E-state index contributed by atoms with van der Waals surface area (Å²) < 4.78 is 15.2.